The number of nitrogens with one attached hydrogen (secondary N) is 2. The van der Waals surface area contributed by atoms with Crippen molar-refractivity contribution in [2.24, 2.45) is 0 Å². The van der Waals surface area contributed by atoms with Crippen LogP contribution in [0.5, 0.6) is 17.2 Å². The predicted octanol–water partition coefficient (Wildman–Crippen LogP) is 6.66. The third-order valence-corrected chi connectivity index (χ3v) is 6.46. The standard InChI is InChI=1S/C30H21N7O2/c1-38-22-15-25-28(33-17-22)26(11-13-31-25)39-21-8-6-20(7-9-21)35-30-24-5-3-2-4-23(24)27(36-37-30)19-14-18-10-12-32-29(18)34-16-19/h2-17H,1H3,(H,32,34)(H,35,37). The number of aromatic amines is 1. The minimum atomic E-state index is 0.614. The number of hydrogen-bond donors (Lipinski definition) is 2. The van der Waals surface area contributed by atoms with Gasteiger partial charge in [0.05, 0.1) is 18.8 Å². The Kier molecular flexibility index (Phi) is 5.44. The summed E-state index contributed by atoms with van der Waals surface area (Å²) in [7, 11) is 1.60. The van der Waals surface area contributed by atoms with Gasteiger partial charge in [-0.05, 0) is 36.4 Å². The topological polar surface area (TPSA) is 111 Å². The van der Waals surface area contributed by atoms with Gasteiger partial charge in [0.2, 0.25) is 0 Å². The SMILES string of the molecule is COc1cnc2c(Oc3ccc(Nc4nnc(-c5cnc6[nH]ccc6c5)c5ccccc45)cc3)ccnc2c1. The minimum Gasteiger partial charge on any atom is -0.495 e. The summed E-state index contributed by atoms with van der Waals surface area (Å²) in [5.74, 6) is 2.59. The molecule has 0 bridgehead atoms. The van der Waals surface area contributed by atoms with E-state index in [4.69, 9.17) is 9.47 Å². The first kappa shape index (κ1) is 22.6. The number of methoxy groups -OCH3 is 1. The number of ether oxygens (including phenoxy) is 2. The third kappa shape index (κ3) is 4.21. The van der Waals surface area contributed by atoms with Crippen molar-refractivity contribution in [2.45, 2.75) is 0 Å². The highest BCUT2D eigenvalue weighted by Gasteiger charge is 2.13. The van der Waals surface area contributed by atoms with Crippen LogP contribution in [0.15, 0.2) is 97.6 Å². The number of nitrogens with zero attached hydrogens (tertiary/aromatic N) is 5. The Balaban J connectivity index is 1.16. The monoisotopic (exact) mass is 511 g/mol. The number of hydrogen-bond acceptors (Lipinski definition) is 8. The second kappa shape index (κ2) is 9.38. The number of pyridine rings is 3. The van der Waals surface area contributed by atoms with Crippen molar-refractivity contribution in [2.75, 3.05) is 12.4 Å². The molecule has 39 heavy (non-hydrogen) atoms. The minimum absolute atomic E-state index is 0.614. The van der Waals surface area contributed by atoms with E-state index >= 15 is 0 Å². The lowest BCUT2D eigenvalue weighted by Gasteiger charge is -2.12. The van der Waals surface area contributed by atoms with Crippen molar-refractivity contribution in [1.82, 2.24) is 30.1 Å². The molecule has 5 aromatic heterocycles. The maximum Gasteiger partial charge on any atom is 0.161 e. The lowest BCUT2D eigenvalue weighted by atomic mass is 10.1. The van der Waals surface area contributed by atoms with E-state index < -0.39 is 0 Å². The number of aromatic nitrogens is 6. The molecule has 5 heterocycles. The van der Waals surface area contributed by atoms with Gasteiger partial charge in [0.15, 0.2) is 11.6 Å². The highest BCUT2D eigenvalue weighted by atomic mass is 16.5. The van der Waals surface area contributed by atoms with E-state index in [1.165, 1.54) is 0 Å². The van der Waals surface area contributed by atoms with Gasteiger partial charge < -0.3 is 19.8 Å². The highest BCUT2D eigenvalue weighted by molar-refractivity contribution is 6.01. The fraction of sp³-hybridized carbons (Fsp3) is 0.0333. The van der Waals surface area contributed by atoms with Gasteiger partial charge in [0.1, 0.15) is 28.4 Å². The van der Waals surface area contributed by atoms with E-state index in [-0.39, 0.29) is 0 Å². The molecule has 0 spiro atoms. The van der Waals surface area contributed by atoms with Crippen LogP contribution in [-0.2, 0) is 0 Å². The van der Waals surface area contributed by atoms with Crippen molar-refractivity contribution in [1.29, 1.82) is 0 Å². The fourth-order valence-corrected chi connectivity index (χ4v) is 4.53. The number of rotatable bonds is 6. The molecule has 0 unspecified atom stereocenters. The number of fused-ring (bicyclic) bond motifs is 3. The summed E-state index contributed by atoms with van der Waals surface area (Å²) in [6.45, 7) is 0. The van der Waals surface area contributed by atoms with Gasteiger partial charge in [-0.2, -0.15) is 0 Å². The van der Waals surface area contributed by atoms with Crippen LogP contribution in [0.4, 0.5) is 11.5 Å². The smallest absolute Gasteiger partial charge is 0.161 e. The van der Waals surface area contributed by atoms with Gasteiger partial charge in [-0.3, -0.25) is 4.98 Å². The number of benzene rings is 2. The lowest BCUT2D eigenvalue weighted by Crippen LogP contribution is -1.99. The van der Waals surface area contributed by atoms with Gasteiger partial charge in [0.25, 0.3) is 0 Å². The van der Waals surface area contributed by atoms with Gasteiger partial charge in [-0.15, -0.1) is 10.2 Å². The van der Waals surface area contributed by atoms with Crippen molar-refractivity contribution in [3.63, 3.8) is 0 Å². The molecule has 2 aromatic carbocycles. The van der Waals surface area contributed by atoms with Crippen LogP contribution in [0.3, 0.4) is 0 Å². The Labute approximate surface area is 222 Å². The zero-order valence-corrected chi connectivity index (χ0v) is 20.8. The molecule has 0 saturated carbocycles. The zero-order valence-electron chi connectivity index (χ0n) is 20.8. The Morgan fingerprint density at radius 1 is 0.795 bits per heavy atom. The van der Waals surface area contributed by atoms with Crippen molar-refractivity contribution < 1.29 is 9.47 Å². The molecule has 0 aliphatic carbocycles. The predicted molar refractivity (Wildman–Crippen MR) is 151 cm³/mol. The molecule has 0 aliphatic rings. The highest BCUT2D eigenvalue weighted by Crippen LogP contribution is 2.33. The van der Waals surface area contributed by atoms with E-state index in [0.717, 1.165) is 38.8 Å². The van der Waals surface area contributed by atoms with Crippen LogP contribution < -0.4 is 14.8 Å². The molecule has 0 atom stereocenters. The Bertz CT molecular complexity index is 1970. The first-order chi connectivity index (χ1) is 19.2. The summed E-state index contributed by atoms with van der Waals surface area (Å²) in [6.07, 6.45) is 7.03. The molecular formula is C30H21N7O2. The summed E-state index contributed by atoms with van der Waals surface area (Å²) in [6, 6.07) is 23.4. The summed E-state index contributed by atoms with van der Waals surface area (Å²) >= 11 is 0. The van der Waals surface area contributed by atoms with Crippen LogP contribution in [0.2, 0.25) is 0 Å². The molecule has 0 fully saturated rings. The largest absolute Gasteiger partial charge is 0.495 e. The van der Waals surface area contributed by atoms with Crippen LogP contribution >= 0.6 is 0 Å². The Morgan fingerprint density at radius 2 is 1.67 bits per heavy atom. The van der Waals surface area contributed by atoms with Crippen LogP contribution in [0.1, 0.15) is 0 Å². The maximum atomic E-state index is 6.12. The normalized spacial score (nSPS) is 11.2. The van der Waals surface area contributed by atoms with E-state index in [2.05, 4.69) is 41.5 Å². The molecule has 0 saturated heterocycles. The van der Waals surface area contributed by atoms with Gasteiger partial charge in [-0.25, -0.2) is 9.97 Å². The number of H-pyrrole nitrogens is 1. The molecule has 9 heteroatoms. The molecule has 0 radical (unpaired) electrons. The summed E-state index contributed by atoms with van der Waals surface area (Å²) in [5.41, 5.74) is 4.75. The molecule has 9 nitrogen and oxygen atoms in total. The molecular weight excluding hydrogens is 490 g/mol. The van der Waals surface area contributed by atoms with Crippen LogP contribution in [0.25, 0.3) is 44.1 Å². The van der Waals surface area contributed by atoms with E-state index in [0.29, 0.717) is 34.1 Å². The fourth-order valence-electron chi connectivity index (χ4n) is 4.53. The molecule has 188 valence electrons. The summed E-state index contributed by atoms with van der Waals surface area (Å²) in [4.78, 5) is 16.4. The van der Waals surface area contributed by atoms with Crippen molar-refractivity contribution >= 4 is 44.3 Å². The average Bonchev–Trinajstić information content (AvgIpc) is 3.46. The molecule has 7 aromatic rings. The number of anilines is 2. The van der Waals surface area contributed by atoms with E-state index in [1.807, 2.05) is 73.1 Å². The second-order valence-electron chi connectivity index (χ2n) is 8.89. The van der Waals surface area contributed by atoms with E-state index in [1.54, 1.807) is 25.6 Å². The summed E-state index contributed by atoms with van der Waals surface area (Å²) in [5, 5.41) is 15.5. The first-order valence-electron chi connectivity index (χ1n) is 12.3. The zero-order chi connectivity index (χ0) is 26.2. The summed E-state index contributed by atoms with van der Waals surface area (Å²) < 4.78 is 11.4. The van der Waals surface area contributed by atoms with E-state index in [9.17, 15) is 0 Å². The van der Waals surface area contributed by atoms with Crippen LogP contribution in [0, 0.1) is 0 Å². The van der Waals surface area contributed by atoms with Gasteiger partial charge in [0, 0.05) is 58.1 Å². The van der Waals surface area contributed by atoms with Crippen molar-refractivity contribution in [3.05, 3.63) is 97.6 Å². The third-order valence-electron chi connectivity index (χ3n) is 6.46. The van der Waals surface area contributed by atoms with Gasteiger partial charge >= 0.3 is 0 Å². The first-order valence-corrected chi connectivity index (χ1v) is 12.3. The molecule has 7 rings (SSSR count). The Hall–Kier alpha value is -5.57. The van der Waals surface area contributed by atoms with Gasteiger partial charge in [-0.1, -0.05) is 24.3 Å². The van der Waals surface area contributed by atoms with Crippen LogP contribution in [-0.4, -0.2) is 37.2 Å². The Morgan fingerprint density at radius 3 is 2.54 bits per heavy atom. The lowest BCUT2D eigenvalue weighted by molar-refractivity contribution is 0.413. The average molecular weight is 512 g/mol. The molecule has 0 aliphatic heterocycles. The molecule has 0 amide bonds. The molecule has 2 N–H and O–H groups in total. The van der Waals surface area contributed by atoms with Crippen molar-refractivity contribution in [3.8, 4) is 28.5 Å². The second-order valence-corrected chi connectivity index (χ2v) is 8.89. The maximum absolute atomic E-state index is 6.12. The quantitative estimate of drug-likeness (QED) is 0.255.